The minimum atomic E-state index is 0.544. The van der Waals surface area contributed by atoms with Crippen LogP contribution in [0.5, 0.6) is 0 Å². The van der Waals surface area contributed by atoms with Crippen molar-refractivity contribution in [3.05, 3.63) is 39.0 Å². The molecule has 0 atom stereocenters. The first kappa shape index (κ1) is 12.0. The average Bonchev–Trinajstić information content (AvgIpc) is 2.20. The molecule has 84 valence electrons. The van der Waals surface area contributed by atoms with Gasteiger partial charge in [0.15, 0.2) is 0 Å². The molecule has 1 heterocycles. The maximum absolute atomic E-state index is 6.18. The predicted molar refractivity (Wildman–Crippen MR) is 70.8 cm³/mol. The molecule has 16 heavy (non-hydrogen) atoms. The number of benzene rings is 1. The molecule has 0 N–H and O–H groups in total. The van der Waals surface area contributed by atoms with Crippen LogP contribution in [-0.4, -0.2) is 4.98 Å². The number of nitrogens with zero attached hydrogens (tertiary/aromatic N) is 1. The number of aryl methyl sites for hydroxylation is 1. The Labute approximate surface area is 109 Å². The van der Waals surface area contributed by atoms with Gasteiger partial charge in [-0.3, -0.25) is 4.98 Å². The Balaban J connectivity index is 2.71. The molecule has 0 fully saturated rings. The van der Waals surface area contributed by atoms with Gasteiger partial charge >= 0.3 is 0 Å². The highest BCUT2D eigenvalue weighted by atomic mass is 35.5. The zero-order valence-electron chi connectivity index (χ0n) is 8.73. The van der Waals surface area contributed by atoms with E-state index in [2.05, 4.69) is 11.9 Å². The number of hydrogen-bond acceptors (Lipinski definition) is 1. The molecule has 1 aromatic carbocycles. The van der Waals surface area contributed by atoms with E-state index >= 15 is 0 Å². The minimum absolute atomic E-state index is 0.544. The monoisotopic (exact) mass is 273 g/mol. The SMILES string of the molecule is CCCc1cc(Cl)c2cc(Cl)cc(Cl)c2n1. The second kappa shape index (κ2) is 4.79. The molecule has 0 saturated carbocycles. The normalized spacial score (nSPS) is 11.0. The zero-order valence-corrected chi connectivity index (χ0v) is 11.0. The fraction of sp³-hybridized carbons (Fsp3) is 0.250. The van der Waals surface area contributed by atoms with Crippen LogP contribution >= 0.6 is 34.8 Å². The second-order valence-electron chi connectivity index (χ2n) is 3.63. The van der Waals surface area contributed by atoms with E-state index in [-0.39, 0.29) is 0 Å². The van der Waals surface area contributed by atoms with Crippen molar-refractivity contribution in [2.24, 2.45) is 0 Å². The lowest BCUT2D eigenvalue weighted by Crippen LogP contribution is -1.91. The molecule has 4 heteroatoms. The molecular formula is C12H10Cl3N. The largest absolute Gasteiger partial charge is 0.251 e. The third kappa shape index (κ3) is 2.27. The molecule has 0 aliphatic heterocycles. The molecule has 0 radical (unpaired) electrons. The van der Waals surface area contributed by atoms with Crippen LogP contribution in [0.15, 0.2) is 18.2 Å². The number of pyridine rings is 1. The van der Waals surface area contributed by atoms with E-state index in [1.54, 1.807) is 12.1 Å². The highest BCUT2D eigenvalue weighted by Gasteiger charge is 2.08. The van der Waals surface area contributed by atoms with Gasteiger partial charge in [0.2, 0.25) is 0 Å². The van der Waals surface area contributed by atoms with Crippen molar-refractivity contribution >= 4 is 45.7 Å². The third-order valence-corrected chi connectivity index (χ3v) is 3.16. The molecule has 0 amide bonds. The molecule has 0 saturated heterocycles. The average molecular weight is 275 g/mol. The molecular weight excluding hydrogens is 264 g/mol. The van der Waals surface area contributed by atoms with Gasteiger partial charge in [-0.1, -0.05) is 48.1 Å². The van der Waals surface area contributed by atoms with Gasteiger partial charge in [-0.05, 0) is 24.6 Å². The van der Waals surface area contributed by atoms with Gasteiger partial charge in [0, 0.05) is 16.1 Å². The fourth-order valence-electron chi connectivity index (χ4n) is 1.65. The van der Waals surface area contributed by atoms with Crippen LogP contribution in [0.25, 0.3) is 10.9 Å². The topological polar surface area (TPSA) is 12.9 Å². The highest BCUT2D eigenvalue weighted by molar-refractivity contribution is 6.41. The first-order valence-corrected chi connectivity index (χ1v) is 6.19. The van der Waals surface area contributed by atoms with Gasteiger partial charge < -0.3 is 0 Å². The second-order valence-corrected chi connectivity index (χ2v) is 4.88. The Kier molecular flexibility index (Phi) is 3.58. The smallest absolute Gasteiger partial charge is 0.0907 e. The Morgan fingerprint density at radius 2 is 1.81 bits per heavy atom. The molecule has 0 spiro atoms. The van der Waals surface area contributed by atoms with Crippen molar-refractivity contribution in [2.75, 3.05) is 0 Å². The van der Waals surface area contributed by atoms with Crippen LogP contribution in [0.4, 0.5) is 0 Å². The van der Waals surface area contributed by atoms with Crippen molar-refractivity contribution in [1.82, 2.24) is 4.98 Å². The summed E-state index contributed by atoms with van der Waals surface area (Å²) in [6, 6.07) is 5.35. The van der Waals surface area contributed by atoms with Crippen molar-refractivity contribution in [3.8, 4) is 0 Å². The van der Waals surface area contributed by atoms with Crippen molar-refractivity contribution in [2.45, 2.75) is 19.8 Å². The van der Waals surface area contributed by atoms with Crippen molar-refractivity contribution in [3.63, 3.8) is 0 Å². The summed E-state index contributed by atoms with van der Waals surface area (Å²) in [6.45, 7) is 2.10. The molecule has 2 rings (SSSR count). The van der Waals surface area contributed by atoms with E-state index in [1.165, 1.54) is 0 Å². The Bertz CT molecular complexity index is 537. The van der Waals surface area contributed by atoms with Crippen LogP contribution < -0.4 is 0 Å². The summed E-state index contributed by atoms with van der Waals surface area (Å²) < 4.78 is 0. The maximum atomic E-state index is 6.18. The third-order valence-electron chi connectivity index (χ3n) is 2.34. The summed E-state index contributed by atoms with van der Waals surface area (Å²) in [5, 5.41) is 2.57. The first-order chi connectivity index (χ1) is 7.61. The fourth-order valence-corrected chi connectivity index (χ4v) is 2.45. The summed E-state index contributed by atoms with van der Waals surface area (Å²) in [5.74, 6) is 0. The zero-order chi connectivity index (χ0) is 11.7. The van der Waals surface area contributed by atoms with E-state index in [0.717, 1.165) is 29.4 Å². The van der Waals surface area contributed by atoms with Gasteiger partial charge in [0.25, 0.3) is 0 Å². The molecule has 1 aromatic heterocycles. The quantitative estimate of drug-likeness (QED) is 0.738. The van der Waals surface area contributed by atoms with Gasteiger partial charge in [0.1, 0.15) is 0 Å². The van der Waals surface area contributed by atoms with E-state index in [9.17, 15) is 0 Å². The molecule has 0 aliphatic rings. The number of halogens is 3. The van der Waals surface area contributed by atoms with Crippen molar-refractivity contribution < 1.29 is 0 Å². The molecule has 2 aromatic rings. The van der Waals surface area contributed by atoms with Gasteiger partial charge in [-0.2, -0.15) is 0 Å². The van der Waals surface area contributed by atoms with Gasteiger partial charge in [0.05, 0.1) is 15.6 Å². The molecule has 0 bridgehead atoms. The lowest BCUT2D eigenvalue weighted by Gasteiger charge is -2.06. The van der Waals surface area contributed by atoms with E-state index in [1.807, 2.05) is 6.07 Å². The number of aromatic nitrogens is 1. The Morgan fingerprint density at radius 1 is 1.06 bits per heavy atom. The minimum Gasteiger partial charge on any atom is -0.251 e. The standard InChI is InChI=1S/C12H10Cl3N/c1-2-3-8-6-10(14)9-4-7(13)5-11(15)12(9)16-8/h4-6H,2-3H2,1H3. The van der Waals surface area contributed by atoms with E-state index in [0.29, 0.717) is 15.1 Å². The van der Waals surface area contributed by atoms with Gasteiger partial charge in [-0.25, -0.2) is 0 Å². The van der Waals surface area contributed by atoms with Crippen molar-refractivity contribution in [1.29, 1.82) is 0 Å². The maximum Gasteiger partial charge on any atom is 0.0907 e. The van der Waals surface area contributed by atoms with Crippen LogP contribution in [0.3, 0.4) is 0 Å². The summed E-state index contributed by atoms with van der Waals surface area (Å²) >= 11 is 18.2. The lowest BCUT2D eigenvalue weighted by molar-refractivity contribution is 0.890. The molecule has 1 nitrogen and oxygen atoms in total. The first-order valence-electron chi connectivity index (χ1n) is 5.06. The lowest BCUT2D eigenvalue weighted by atomic mass is 10.1. The number of rotatable bonds is 2. The summed E-state index contributed by atoms with van der Waals surface area (Å²) in [7, 11) is 0. The van der Waals surface area contributed by atoms with E-state index in [4.69, 9.17) is 34.8 Å². The van der Waals surface area contributed by atoms with E-state index < -0.39 is 0 Å². The summed E-state index contributed by atoms with van der Waals surface area (Å²) in [6.07, 6.45) is 1.93. The summed E-state index contributed by atoms with van der Waals surface area (Å²) in [4.78, 5) is 4.49. The number of hydrogen-bond donors (Lipinski definition) is 0. The van der Waals surface area contributed by atoms with Crippen LogP contribution in [0, 0.1) is 0 Å². The Morgan fingerprint density at radius 3 is 2.50 bits per heavy atom. The van der Waals surface area contributed by atoms with Gasteiger partial charge in [-0.15, -0.1) is 0 Å². The highest BCUT2D eigenvalue weighted by Crippen LogP contribution is 2.31. The van der Waals surface area contributed by atoms with Crippen LogP contribution in [0.1, 0.15) is 19.0 Å². The predicted octanol–water partition coefficient (Wildman–Crippen LogP) is 5.15. The van der Waals surface area contributed by atoms with Crippen LogP contribution in [0.2, 0.25) is 15.1 Å². The molecule has 0 aliphatic carbocycles. The number of fused-ring (bicyclic) bond motifs is 1. The summed E-state index contributed by atoms with van der Waals surface area (Å²) in [5.41, 5.74) is 1.69. The Hall–Kier alpha value is -0.500. The van der Waals surface area contributed by atoms with Crippen LogP contribution in [-0.2, 0) is 6.42 Å². The molecule has 0 unspecified atom stereocenters.